The molecule has 0 aliphatic heterocycles. The lowest BCUT2D eigenvalue weighted by Crippen LogP contribution is -1.97. The molecular weight excluding hydrogens is 262 g/mol. The Bertz CT molecular complexity index is 748. The first-order valence-corrected chi connectivity index (χ1v) is 6.41. The normalized spacial score (nSPS) is 10.0. The molecule has 1 aromatic heterocycles. The molecule has 4 heteroatoms. The summed E-state index contributed by atoms with van der Waals surface area (Å²) in [5.74, 6) is 0. The van der Waals surface area contributed by atoms with Crippen LogP contribution in [0.5, 0.6) is 6.01 Å². The van der Waals surface area contributed by atoms with Gasteiger partial charge in [0.05, 0.1) is 11.4 Å². The fourth-order valence-electron chi connectivity index (χ4n) is 2.16. The first kappa shape index (κ1) is 12.8. The summed E-state index contributed by atoms with van der Waals surface area (Å²) in [4.78, 5) is 8.04. The van der Waals surface area contributed by atoms with Crippen LogP contribution in [-0.4, -0.2) is 15.1 Å². The molecule has 0 saturated heterocycles. The van der Waals surface area contributed by atoms with Gasteiger partial charge in [-0.25, -0.2) is 0 Å². The molecule has 0 saturated carbocycles. The number of aromatic hydroxyl groups is 1. The molecule has 1 N–H and O–H groups in total. The van der Waals surface area contributed by atoms with Crippen molar-refractivity contribution in [2.45, 2.75) is 0 Å². The summed E-state index contributed by atoms with van der Waals surface area (Å²) < 4.78 is 0. The van der Waals surface area contributed by atoms with Crippen LogP contribution in [0.3, 0.4) is 0 Å². The molecule has 0 bridgehead atoms. The molecule has 4 nitrogen and oxygen atoms in total. The average molecular weight is 273 g/mol. The van der Waals surface area contributed by atoms with E-state index in [1.54, 1.807) is 0 Å². The molecule has 0 aliphatic rings. The zero-order valence-electron chi connectivity index (χ0n) is 11.1. The highest BCUT2D eigenvalue weighted by atomic mass is 16.3. The van der Waals surface area contributed by atoms with Crippen LogP contribution in [0.4, 0.5) is 0 Å². The van der Waals surface area contributed by atoms with Crippen molar-refractivity contribution < 1.29 is 5.11 Å². The monoisotopic (exact) mass is 273 g/mol. The number of hydrogen-bond acceptors (Lipinski definition) is 4. The second-order valence-electron chi connectivity index (χ2n) is 4.44. The van der Waals surface area contributed by atoms with Gasteiger partial charge in [-0.05, 0) is 0 Å². The topological polar surface area (TPSA) is 69.8 Å². The van der Waals surface area contributed by atoms with Crippen LogP contribution in [0.1, 0.15) is 5.56 Å². The number of aromatic nitrogens is 2. The fraction of sp³-hybridized carbons (Fsp3) is 0. The molecule has 0 spiro atoms. The Kier molecular flexibility index (Phi) is 3.32. The van der Waals surface area contributed by atoms with Crippen molar-refractivity contribution in [2.24, 2.45) is 0 Å². The molecule has 3 aromatic rings. The van der Waals surface area contributed by atoms with Crippen molar-refractivity contribution in [3.05, 3.63) is 66.2 Å². The van der Waals surface area contributed by atoms with E-state index in [4.69, 9.17) is 0 Å². The summed E-state index contributed by atoms with van der Waals surface area (Å²) in [6, 6.07) is 20.4. The molecule has 3 rings (SSSR count). The quantitative estimate of drug-likeness (QED) is 0.777. The van der Waals surface area contributed by atoms with E-state index in [2.05, 4.69) is 16.0 Å². The van der Waals surface area contributed by atoms with E-state index in [-0.39, 0.29) is 6.01 Å². The molecule has 0 amide bonds. The Morgan fingerprint density at radius 1 is 0.762 bits per heavy atom. The van der Waals surface area contributed by atoms with Gasteiger partial charge in [0, 0.05) is 11.1 Å². The molecule has 100 valence electrons. The highest BCUT2D eigenvalue weighted by Crippen LogP contribution is 2.30. The molecule has 2 aromatic carbocycles. The Hall–Kier alpha value is -3.19. The van der Waals surface area contributed by atoms with Crippen molar-refractivity contribution >= 4 is 0 Å². The maximum atomic E-state index is 9.80. The van der Waals surface area contributed by atoms with E-state index >= 15 is 0 Å². The lowest BCUT2D eigenvalue weighted by atomic mass is 10.0. The third-order valence-electron chi connectivity index (χ3n) is 3.10. The van der Waals surface area contributed by atoms with Crippen LogP contribution in [0.25, 0.3) is 22.5 Å². The predicted octanol–water partition coefficient (Wildman–Crippen LogP) is 3.39. The summed E-state index contributed by atoms with van der Waals surface area (Å²) >= 11 is 0. The summed E-state index contributed by atoms with van der Waals surface area (Å²) in [7, 11) is 0. The highest BCUT2D eigenvalue weighted by molar-refractivity contribution is 5.77. The Morgan fingerprint density at radius 3 is 1.57 bits per heavy atom. The van der Waals surface area contributed by atoms with Crippen LogP contribution in [0.15, 0.2) is 60.7 Å². The zero-order valence-corrected chi connectivity index (χ0v) is 11.1. The van der Waals surface area contributed by atoms with Crippen molar-refractivity contribution in [3.63, 3.8) is 0 Å². The summed E-state index contributed by atoms with van der Waals surface area (Å²) in [5, 5.41) is 19.3. The van der Waals surface area contributed by atoms with E-state index in [0.717, 1.165) is 11.1 Å². The Labute approximate surface area is 122 Å². The maximum absolute atomic E-state index is 9.80. The largest absolute Gasteiger partial charge is 0.479 e. The first-order chi connectivity index (χ1) is 10.3. The summed E-state index contributed by atoms with van der Waals surface area (Å²) in [6.45, 7) is 0. The second-order valence-corrected chi connectivity index (χ2v) is 4.44. The van der Waals surface area contributed by atoms with Gasteiger partial charge in [-0.3, -0.25) is 0 Å². The summed E-state index contributed by atoms with van der Waals surface area (Å²) in [6.07, 6.45) is 0. The molecule has 0 unspecified atom stereocenters. The van der Waals surface area contributed by atoms with E-state index in [0.29, 0.717) is 17.0 Å². The average Bonchev–Trinajstić information content (AvgIpc) is 2.55. The minimum atomic E-state index is -0.341. The van der Waals surface area contributed by atoms with E-state index in [1.165, 1.54) is 0 Å². The van der Waals surface area contributed by atoms with Crippen LogP contribution in [0.2, 0.25) is 0 Å². The van der Waals surface area contributed by atoms with Crippen molar-refractivity contribution in [1.29, 1.82) is 5.26 Å². The minimum Gasteiger partial charge on any atom is -0.479 e. The minimum absolute atomic E-state index is 0.341. The second kappa shape index (κ2) is 5.43. The molecule has 1 heterocycles. The number of nitrogens with zero attached hydrogens (tertiary/aromatic N) is 3. The molecular formula is C17H11N3O. The third-order valence-corrected chi connectivity index (χ3v) is 3.10. The van der Waals surface area contributed by atoms with Crippen LogP contribution in [-0.2, 0) is 0 Å². The molecule has 0 aliphatic carbocycles. The van der Waals surface area contributed by atoms with Crippen LogP contribution >= 0.6 is 0 Å². The zero-order chi connectivity index (χ0) is 14.7. The predicted molar refractivity (Wildman–Crippen MR) is 79.3 cm³/mol. The van der Waals surface area contributed by atoms with Crippen molar-refractivity contribution in [2.75, 3.05) is 0 Å². The lowest BCUT2D eigenvalue weighted by molar-refractivity contribution is 0.432. The first-order valence-electron chi connectivity index (χ1n) is 6.41. The number of benzene rings is 2. The van der Waals surface area contributed by atoms with E-state index in [1.807, 2.05) is 60.7 Å². The van der Waals surface area contributed by atoms with Crippen molar-refractivity contribution in [1.82, 2.24) is 9.97 Å². The van der Waals surface area contributed by atoms with Gasteiger partial charge < -0.3 is 5.11 Å². The van der Waals surface area contributed by atoms with E-state index in [9.17, 15) is 10.4 Å². The SMILES string of the molecule is N#Cc1c(-c2ccccc2)nc(O)nc1-c1ccccc1. The van der Waals surface area contributed by atoms with Gasteiger partial charge in [0.15, 0.2) is 0 Å². The molecule has 0 radical (unpaired) electrons. The van der Waals surface area contributed by atoms with Gasteiger partial charge in [0.2, 0.25) is 0 Å². The van der Waals surface area contributed by atoms with Gasteiger partial charge in [-0.1, -0.05) is 60.7 Å². The van der Waals surface area contributed by atoms with Gasteiger partial charge >= 0.3 is 6.01 Å². The summed E-state index contributed by atoms with van der Waals surface area (Å²) in [5.41, 5.74) is 2.76. The van der Waals surface area contributed by atoms with E-state index < -0.39 is 0 Å². The Morgan fingerprint density at radius 2 is 1.19 bits per heavy atom. The van der Waals surface area contributed by atoms with Crippen LogP contribution < -0.4 is 0 Å². The number of hydrogen-bond donors (Lipinski definition) is 1. The Balaban J connectivity index is 2.29. The fourth-order valence-corrected chi connectivity index (χ4v) is 2.16. The molecule has 0 fully saturated rings. The third kappa shape index (κ3) is 2.45. The smallest absolute Gasteiger partial charge is 0.315 e. The number of nitriles is 1. The van der Waals surface area contributed by atoms with Gasteiger partial charge in [-0.15, -0.1) is 0 Å². The van der Waals surface area contributed by atoms with Gasteiger partial charge in [-0.2, -0.15) is 15.2 Å². The number of rotatable bonds is 2. The molecule has 21 heavy (non-hydrogen) atoms. The maximum Gasteiger partial charge on any atom is 0.315 e. The van der Waals surface area contributed by atoms with Gasteiger partial charge in [0.25, 0.3) is 0 Å². The lowest BCUT2D eigenvalue weighted by Gasteiger charge is -2.09. The standard InChI is InChI=1S/C17H11N3O/c18-11-14-15(12-7-3-1-4-8-12)19-17(21)20-16(14)13-9-5-2-6-10-13/h1-10H,(H,19,20,21). The molecule has 0 atom stereocenters. The van der Waals surface area contributed by atoms with Crippen molar-refractivity contribution in [3.8, 4) is 34.6 Å². The van der Waals surface area contributed by atoms with Crippen LogP contribution in [0, 0.1) is 11.3 Å². The van der Waals surface area contributed by atoms with Gasteiger partial charge in [0.1, 0.15) is 11.6 Å². The highest BCUT2D eigenvalue weighted by Gasteiger charge is 2.16.